The number of carbonyl (C=O) groups excluding carboxylic acids is 2. The number of aromatic nitrogens is 1. The van der Waals surface area contributed by atoms with E-state index < -0.39 is 17.6 Å². The molecule has 200 valence electrons. The van der Waals surface area contributed by atoms with Gasteiger partial charge in [0.15, 0.2) is 0 Å². The number of aliphatic carboxylic acids is 1. The van der Waals surface area contributed by atoms with Crippen molar-refractivity contribution in [3.63, 3.8) is 0 Å². The number of rotatable bonds is 3. The van der Waals surface area contributed by atoms with E-state index in [-0.39, 0.29) is 17.7 Å². The van der Waals surface area contributed by atoms with E-state index in [1.165, 1.54) is 0 Å². The average Bonchev–Trinajstić information content (AvgIpc) is 3.12. The topological polar surface area (TPSA) is 94.1 Å². The molecule has 0 aliphatic carbocycles. The van der Waals surface area contributed by atoms with Crippen LogP contribution < -0.4 is 4.90 Å². The number of carboxylic acid groups (broad SMARTS) is 1. The molecule has 0 bridgehead atoms. The standard InChI is InChI=1S/C24H30N4O2.C2HF3O2/c1-18-9-4-5-10-20(18)22(29)27-14-8-12-24(23(30)26(2)3)17-28(16-19(24)15-27)21-11-6-7-13-25-21;3-2(4,5)1(6)7/h4-7,9-11,13,19H,8,12,14-17H2,1-3H3;(H,6,7)/t19-,24-;/m0./s1. The Hall–Kier alpha value is -3.63. The summed E-state index contributed by atoms with van der Waals surface area (Å²) in [6, 6.07) is 13.6. The first-order valence-corrected chi connectivity index (χ1v) is 11.9. The summed E-state index contributed by atoms with van der Waals surface area (Å²) in [4.78, 5) is 46.0. The van der Waals surface area contributed by atoms with Crippen LogP contribution in [-0.4, -0.2) is 84.1 Å². The predicted molar refractivity (Wildman–Crippen MR) is 131 cm³/mol. The second-order valence-electron chi connectivity index (χ2n) is 9.59. The molecule has 2 amide bonds. The summed E-state index contributed by atoms with van der Waals surface area (Å²) < 4.78 is 31.7. The van der Waals surface area contributed by atoms with Gasteiger partial charge in [-0.05, 0) is 43.5 Å². The fourth-order valence-corrected chi connectivity index (χ4v) is 5.11. The molecule has 1 N–H and O–H groups in total. The van der Waals surface area contributed by atoms with Crippen molar-refractivity contribution in [2.45, 2.75) is 25.9 Å². The Bertz CT molecular complexity index is 1130. The fourth-order valence-electron chi connectivity index (χ4n) is 5.11. The van der Waals surface area contributed by atoms with Crippen LogP contribution in [0.5, 0.6) is 0 Å². The van der Waals surface area contributed by atoms with Crippen molar-refractivity contribution in [1.82, 2.24) is 14.8 Å². The van der Waals surface area contributed by atoms with Crippen molar-refractivity contribution in [3.8, 4) is 0 Å². The second-order valence-corrected chi connectivity index (χ2v) is 9.59. The Kier molecular flexibility index (Phi) is 8.45. The van der Waals surface area contributed by atoms with Crippen LogP contribution in [0.4, 0.5) is 19.0 Å². The van der Waals surface area contributed by atoms with E-state index in [0.717, 1.165) is 36.3 Å². The van der Waals surface area contributed by atoms with Gasteiger partial charge in [0.05, 0.1) is 5.41 Å². The molecule has 2 aliphatic rings. The number of likely N-dealkylation sites (tertiary alicyclic amines) is 1. The van der Waals surface area contributed by atoms with Gasteiger partial charge in [-0.3, -0.25) is 9.59 Å². The number of amides is 2. The number of anilines is 1. The highest BCUT2D eigenvalue weighted by Gasteiger charge is 2.54. The van der Waals surface area contributed by atoms with E-state index in [0.29, 0.717) is 19.6 Å². The predicted octanol–water partition coefficient (Wildman–Crippen LogP) is 3.47. The van der Waals surface area contributed by atoms with Crippen LogP contribution >= 0.6 is 0 Å². The lowest BCUT2D eigenvalue weighted by Crippen LogP contribution is -2.47. The molecule has 37 heavy (non-hydrogen) atoms. The maximum atomic E-state index is 13.4. The van der Waals surface area contributed by atoms with Crippen molar-refractivity contribution in [2.75, 3.05) is 45.2 Å². The first kappa shape index (κ1) is 27.9. The number of alkyl halides is 3. The maximum absolute atomic E-state index is 13.4. The van der Waals surface area contributed by atoms with E-state index in [9.17, 15) is 22.8 Å². The molecule has 1 aromatic carbocycles. The summed E-state index contributed by atoms with van der Waals surface area (Å²) in [7, 11) is 3.66. The monoisotopic (exact) mass is 520 g/mol. The second kappa shape index (κ2) is 11.2. The van der Waals surface area contributed by atoms with Crippen LogP contribution in [0, 0.1) is 18.3 Å². The molecule has 2 fully saturated rings. The Morgan fingerprint density at radius 1 is 1.08 bits per heavy atom. The smallest absolute Gasteiger partial charge is 0.475 e. The normalized spacial score (nSPS) is 21.3. The van der Waals surface area contributed by atoms with Gasteiger partial charge in [0.25, 0.3) is 5.91 Å². The third-order valence-corrected chi connectivity index (χ3v) is 6.90. The molecule has 4 rings (SSSR count). The number of fused-ring (bicyclic) bond motifs is 1. The first-order chi connectivity index (χ1) is 17.4. The average molecular weight is 521 g/mol. The minimum Gasteiger partial charge on any atom is -0.475 e. The molecule has 8 nitrogen and oxygen atoms in total. The van der Waals surface area contributed by atoms with Gasteiger partial charge < -0.3 is 19.8 Å². The quantitative estimate of drug-likeness (QED) is 0.666. The Balaban J connectivity index is 0.000000479. The number of hydrogen-bond acceptors (Lipinski definition) is 5. The molecule has 0 radical (unpaired) electrons. The fraction of sp³-hybridized carbons (Fsp3) is 0.462. The number of benzene rings is 1. The molecule has 0 unspecified atom stereocenters. The molecule has 3 heterocycles. The van der Waals surface area contributed by atoms with E-state index in [1.807, 2.05) is 68.4 Å². The lowest BCUT2D eigenvalue weighted by Gasteiger charge is -2.34. The molecular weight excluding hydrogens is 489 g/mol. The van der Waals surface area contributed by atoms with Crippen LogP contribution in [0.3, 0.4) is 0 Å². The van der Waals surface area contributed by atoms with Gasteiger partial charge in [-0.25, -0.2) is 9.78 Å². The van der Waals surface area contributed by atoms with Crippen LogP contribution in [0.15, 0.2) is 48.7 Å². The lowest BCUT2D eigenvalue weighted by atomic mass is 9.74. The third-order valence-electron chi connectivity index (χ3n) is 6.90. The summed E-state index contributed by atoms with van der Waals surface area (Å²) in [5.74, 6) is -1.56. The van der Waals surface area contributed by atoms with E-state index >= 15 is 0 Å². The molecule has 2 saturated heterocycles. The molecular formula is C26H31F3N4O4. The maximum Gasteiger partial charge on any atom is 0.490 e. The van der Waals surface area contributed by atoms with Crippen molar-refractivity contribution < 1.29 is 32.7 Å². The summed E-state index contributed by atoms with van der Waals surface area (Å²) in [5, 5.41) is 7.12. The van der Waals surface area contributed by atoms with Gasteiger partial charge in [0.2, 0.25) is 5.91 Å². The SMILES string of the molecule is Cc1ccccc1C(=O)N1CCC[C@]2(C(=O)N(C)C)CN(c3ccccn3)C[C@@H]2C1.O=C(O)C(F)(F)F. The van der Waals surface area contributed by atoms with Gasteiger partial charge in [-0.2, -0.15) is 13.2 Å². The molecule has 0 spiro atoms. The number of carboxylic acids is 1. The van der Waals surface area contributed by atoms with Crippen LogP contribution in [0.2, 0.25) is 0 Å². The molecule has 2 aromatic rings. The largest absolute Gasteiger partial charge is 0.490 e. The van der Waals surface area contributed by atoms with E-state index in [2.05, 4.69) is 9.88 Å². The molecule has 2 atom stereocenters. The van der Waals surface area contributed by atoms with Crippen LogP contribution in [0.25, 0.3) is 0 Å². The zero-order valence-corrected chi connectivity index (χ0v) is 21.0. The van der Waals surface area contributed by atoms with Crippen LogP contribution in [-0.2, 0) is 9.59 Å². The van der Waals surface area contributed by atoms with Gasteiger partial charge in [-0.15, -0.1) is 0 Å². The third kappa shape index (κ3) is 6.20. The number of aryl methyl sites for hydroxylation is 1. The zero-order valence-electron chi connectivity index (χ0n) is 21.0. The number of hydrogen-bond donors (Lipinski definition) is 1. The minimum absolute atomic E-state index is 0.0671. The number of pyridine rings is 1. The van der Waals surface area contributed by atoms with E-state index in [4.69, 9.17) is 9.90 Å². The highest BCUT2D eigenvalue weighted by Crippen LogP contribution is 2.45. The van der Waals surface area contributed by atoms with Crippen LogP contribution in [0.1, 0.15) is 28.8 Å². The Labute approximate surface area is 213 Å². The van der Waals surface area contributed by atoms with Crippen molar-refractivity contribution in [1.29, 1.82) is 0 Å². The highest BCUT2D eigenvalue weighted by molar-refractivity contribution is 5.95. The van der Waals surface area contributed by atoms with Gasteiger partial charge >= 0.3 is 12.1 Å². The summed E-state index contributed by atoms with van der Waals surface area (Å²) in [5.41, 5.74) is 1.26. The molecule has 0 saturated carbocycles. The summed E-state index contributed by atoms with van der Waals surface area (Å²) >= 11 is 0. The van der Waals surface area contributed by atoms with Gasteiger partial charge in [0.1, 0.15) is 5.82 Å². The number of carbonyl (C=O) groups is 3. The number of halogens is 3. The van der Waals surface area contributed by atoms with E-state index in [1.54, 1.807) is 11.1 Å². The molecule has 2 aliphatic heterocycles. The first-order valence-electron chi connectivity index (χ1n) is 11.9. The van der Waals surface area contributed by atoms with Crippen molar-refractivity contribution >= 4 is 23.6 Å². The minimum atomic E-state index is -5.08. The van der Waals surface area contributed by atoms with Crippen molar-refractivity contribution in [2.24, 2.45) is 11.3 Å². The van der Waals surface area contributed by atoms with Crippen molar-refractivity contribution in [3.05, 3.63) is 59.8 Å². The molecule has 11 heteroatoms. The zero-order chi connectivity index (χ0) is 27.4. The number of nitrogens with zero attached hydrogens (tertiary/aromatic N) is 4. The molecule has 1 aromatic heterocycles. The lowest BCUT2D eigenvalue weighted by molar-refractivity contribution is -0.192. The summed E-state index contributed by atoms with van der Waals surface area (Å²) in [6.45, 7) is 4.64. The summed E-state index contributed by atoms with van der Waals surface area (Å²) in [6.07, 6.45) is -1.68. The van der Waals surface area contributed by atoms with Gasteiger partial charge in [-0.1, -0.05) is 24.3 Å². The Morgan fingerprint density at radius 3 is 2.30 bits per heavy atom. The highest BCUT2D eigenvalue weighted by atomic mass is 19.4. The Morgan fingerprint density at radius 2 is 1.73 bits per heavy atom. The van der Waals surface area contributed by atoms with Gasteiger partial charge in [0, 0.05) is 58.0 Å².